The van der Waals surface area contributed by atoms with Crippen LogP contribution in [0.15, 0.2) is 5.11 Å². The molecule has 1 aliphatic heterocycles. The minimum atomic E-state index is -2.51. The van der Waals surface area contributed by atoms with Gasteiger partial charge in [-0.1, -0.05) is 5.11 Å². The van der Waals surface area contributed by atoms with Crippen LogP contribution in [0.1, 0.15) is 41.0 Å². The third-order valence-corrected chi connectivity index (χ3v) is 4.71. The molecule has 0 aromatic rings. The number of ether oxygens (including phenoxy) is 6. The summed E-state index contributed by atoms with van der Waals surface area (Å²) in [5, 5.41) is 6.08. The summed E-state index contributed by atoms with van der Waals surface area (Å²) in [6.07, 6.45) is -5.48. The maximum absolute atomic E-state index is 12.7. The van der Waals surface area contributed by atoms with Gasteiger partial charge < -0.3 is 33.7 Å². The lowest BCUT2D eigenvalue weighted by atomic mass is 9.86. The third-order valence-electron chi connectivity index (χ3n) is 4.71. The maximum Gasteiger partial charge on any atom is 0.379 e. The summed E-state index contributed by atoms with van der Waals surface area (Å²) >= 11 is 0. The molecule has 16 heteroatoms. The van der Waals surface area contributed by atoms with Crippen LogP contribution in [-0.2, 0) is 57.2 Å². The van der Waals surface area contributed by atoms with Gasteiger partial charge in [-0.25, -0.2) is 4.79 Å². The molecule has 36 heavy (non-hydrogen) atoms. The zero-order chi connectivity index (χ0) is 27.6. The number of rotatable bonds is 10. The first kappa shape index (κ1) is 30.1. The van der Waals surface area contributed by atoms with Gasteiger partial charge in [-0.05, 0) is 5.53 Å². The Balaban J connectivity index is 3.81. The van der Waals surface area contributed by atoms with Gasteiger partial charge in [-0.3, -0.25) is 24.0 Å². The molecule has 0 saturated carbocycles. The summed E-state index contributed by atoms with van der Waals surface area (Å²) in [7, 11) is 0.973. The van der Waals surface area contributed by atoms with Crippen molar-refractivity contribution in [3.8, 4) is 0 Å². The Labute approximate surface area is 205 Å². The summed E-state index contributed by atoms with van der Waals surface area (Å²) < 4.78 is 31.1. The van der Waals surface area contributed by atoms with Gasteiger partial charge >= 0.3 is 35.6 Å². The van der Waals surface area contributed by atoms with E-state index in [9.17, 15) is 28.8 Å². The molecule has 1 rings (SSSR count). The number of nitrogens with zero attached hydrogens (tertiary/aromatic N) is 3. The average Bonchev–Trinajstić information content (AvgIpc) is 2.75. The molecule has 1 N–H and O–H groups in total. The SMILES string of the molecule is COC(=O)[C@]1(OC(C)=O)C[C@H](N=[N+]=[N-])[C@@H](NC(C)=O)[C@H]([C@H](OC(C)=O)[C@@H](COC(C)=O)OC(C)=O)O1. The van der Waals surface area contributed by atoms with Crippen molar-refractivity contribution in [3.05, 3.63) is 10.4 Å². The van der Waals surface area contributed by atoms with Crippen molar-refractivity contribution in [3.63, 3.8) is 0 Å². The predicted octanol–water partition coefficient (Wildman–Crippen LogP) is -0.182. The van der Waals surface area contributed by atoms with Gasteiger partial charge in [0.05, 0.1) is 19.2 Å². The normalized spacial score (nSPS) is 24.6. The van der Waals surface area contributed by atoms with E-state index in [2.05, 4.69) is 15.3 Å². The van der Waals surface area contributed by atoms with Gasteiger partial charge in [0.25, 0.3) is 0 Å². The second-order valence-electron chi connectivity index (χ2n) is 7.65. The third kappa shape index (κ3) is 8.39. The Bertz CT molecular complexity index is 934. The van der Waals surface area contributed by atoms with Crippen molar-refractivity contribution in [1.29, 1.82) is 0 Å². The minimum absolute atomic E-state index is 0.597. The van der Waals surface area contributed by atoms with Gasteiger partial charge in [0.15, 0.2) is 12.2 Å². The van der Waals surface area contributed by atoms with Crippen molar-refractivity contribution < 1.29 is 57.2 Å². The fourth-order valence-electron chi connectivity index (χ4n) is 3.61. The Kier molecular flexibility index (Phi) is 11.1. The predicted molar refractivity (Wildman–Crippen MR) is 114 cm³/mol. The Morgan fingerprint density at radius 1 is 1.03 bits per heavy atom. The van der Waals surface area contributed by atoms with Crippen molar-refractivity contribution in [1.82, 2.24) is 5.32 Å². The maximum atomic E-state index is 12.7. The molecule has 0 radical (unpaired) electrons. The van der Waals surface area contributed by atoms with Gasteiger partial charge in [0.2, 0.25) is 5.91 Å². The van der Waals surface area contributed by atoms with E-state index in [0.29, 0.717) is 0 Å². The molecule has 0 aromatic heterocycles. The largest absolute Gasteiger partial charge is 0.464 e. The monoisotopic (exact) mass is 516 g/mol. The van der Waals surface area contributed by atoms with Crippen LogP contribution < -0.4 is 5.32 Å². The molecule has 1 amide bonds. The van der Waals surface area contributed by atoms with E-state index in [1.807, 2.05) is 0 Å². The summed E-state index contributed by atoms with van der Waals surface area (Å²) in [6, 6.07) is -2.65. The smallest absolute Gasteiger partial charge is 0.379 e. The number of hydrogen-bond donors (Lipinski definition) is 1. The highest BCUT2D eigenvalue weighted by Crippen LogP contribution is 2.37. The molecule has 0 unspecified atom stereocenters. The molecule has 200 valence electrons. The Morgan fingerprint density at radius 2 is 1.64 bits per heavy atom. The number of carbonyl (C=O) groups is 6. The van der Waals surface area contributed by atoms with Crippen LogP contribution in [0.25, 0.3) is 10.4 Å². The summed E-state index contributed by atoms with van der Waals surface area (Å²) in [6.45, 7) is 4.57. The molecule has 1 aliphatic rings. The molecule has 1 heterocycles. The lowest BCUT2D eigenvalue weighted by Gasteiger charge is -2.47. The number of carbonyl (C=O) groups excluding carboxylic acids is 6. The highest BCUT2D eigenvalue weighted by atomic mass is 16.8. The second-order valence-corrected chi connectivity index (χ2v) is 7.65. The Morgan fingerprint density at radius 3 is 2.08 bits per heavy atom. The van der Waals surface area contributed by atoms with Crippen LogP contribution in [0.2, 0.25) is 0 Å². The van der Waals surface area contributed by atoms with Gasteiger partial charge in [-0.2, -0.15) is 0 Å². The number of esters is 5. The lowest BCUT2D eigenvalue weighted by Crippen LogP contribution is -2.68. The molecule has 6 atom stereocenters. The van der Waals surface area contributed by atoms with E-state index >= 15 is 0 Å². The summed E-state index contributed by atoms with van der Waals surface area (Å²) in [4.78, 5) is 74.6. The summed E-state index contributed by atoms with van der Waals surface area (Å²) in [5.41, 5.74) is 9.13. The van der Waals surface area contributed by atoms with Crippen molar-refractivity contribution in [2.75, 3.05) is 13.7 Å². The van der Waals surface area contributed by atoms with Crippen LogP contribution >= 0.6 is 0 Å². The molecule has 1 saturated heterocycles. The topological polar surface area (TPSA) is 219 Å². The quantitative estimate of drug-likeness (QED) is 0.131. The van der Waals surface area contributed by atoms with E-state index < -0.39 is 85.0 Å². The highest BCUT2D eigenvalue weighted by Gasteiger charge is 2.59. The van der Waals surface area contributed by atoms with Crippen LogP contribution in [-0.4, -0.2) is 85.7 Å². The number of amides is 1. The van der Waals surface area contributed by atoms with Crippen molar-refractivity contribution in [2.24, 2.45) is 5.11 Å². The standard InChI is InChI=1S/C20H28N4O12/c1-9(25)22-16-14(23-24-21)7-20(19(30)31-6,35-13(5)29)36-18(16)17(34-12(4)28)15(33-11(3)27)8-32-10(2)26/h14-18H,7-8H2,1-6H3,(H,22,25)/t14-,15+,16+,17+,18+,20-/m0/s1. The molecule has 1 fully saturated rings. The van der Waals surface area contributed by atoms with Crippen molar-refractivity contribution in [2.45, 2.75) is 77.2 Å². The van der Waals surface area contributed by atoms with E-state index in [1.165, 1.54) is 0 Å². The van der Waals surface area contributed by atoms with E-state index in [-0.39, 0.29) is 0 Å². The van der Waals surface area contributed by atoms with Crippen molar-refractivity contribution >= 4 is 35.8 Å². The number of azide groups is 1. The zero-order valence-corrected chi connectivity index (χ0v) is 20.5. The van der Waals surface area contributed by atoms with E-state index in [4.69, 9.17) is 34.0 Å². The van der Waals surface area contributed by atoms with Crippen LogP contribution in [0.5, 0.6) is 0 Å². The molecular weight excluding hydrogens is 488 g/mol. The lowest BCUT2D eigenvalue weighted by molar-refractivity contribution is -0.292. The fourth-order valence-corrected chi connectivity index (χ4v) is 3.61. The fraction of sp³-hybridized carbons (Fsp3) is 0.700. The first-order valence-corrected chi connectivity index (χ1v) is 10.5. The van der Waals surface area contributed by atoms with Crippen LogP contribution in [0.3, 0.4) is 0 Å². The number of hydrogen-bond acceptors (Lipinski definition) is 13. The van der Waals surface area contributed by atoms with Crippen LogP contribution in [0.4, 0.5) is 0 Å². The van der Waals surface area contributed by atoms with Crippen LogP contribution in [0, 0.1) is 0 Å². The first-order chi connectivity index (χ1) is 16.8. The Hall–Kier alpha value is -3.91. The molecule has 16 nitrogen and oxygen atoms in total. The van der Waals surface area contributed by atoms with E-state index in [0.717, 1.165) is 41.7 Å². The number of nitrogens with one attached hydrogen (secondary N) is 1. The highest BCUT2D eigenvalue weighted by molar-refractivity contribution is 5.82. The zero-order valence-electron chi connectivity index (χ0n) is 20.5. The van der Waals surface area contributed by atoms with Gasteiger partial charge in [0, 0.05) is 46.0 Å². The minimum Gasteiger partial charge on any atom is -0.464 e. The molecule has 0 aliphatic carbocycles. The second kappa shape index (κ2) is 13.3. The van der Waals surface area contributed by atoms with Gasteiger partial charge in [-0.15, -0.1) is 0 Å². The molecular formula is C20H28N4O12. The molecule has 0 spiro atoms. The molecule has 0 bridgehead atoms. The number of methoxy groups -OCH3 is 1. The van der Waals surface area contributed by atoms with Gasteiger partial charge in [0.1, 0.15) is 12.7 Å². The summed E-state index contributed by atoms with van der Waals surface area (Å²) in [5.74, 6) is -7.93. The average molecular weight is 516 g/mol. The van der Waals surface area contributed by atoms with E-state index in [1.54, 1.807) is 0 Å². The molecule has 0 aromatic carbocycles. The first-order valence-electron chi connectivity index (χ1n) is 10.5.